The number of nitriles is 1. The Morgan fingerprint density at radius 3 is 2.63 bits per heavy atom. The van der Waals surface area contributed by atoms with Gasteiger partial charge in [0.05, 0.1) is 17.6 Å². The molecule has 1 aliphatic rings. The molecule has 0 aromatic heterocycles. The molecule has 1 fully saturated rings. The maximum absolute atomic E-state index is 9.80. The van der Waals surface area contributed by atoms with Crippen molar-refractivity contribution in [3.63, 3.8) is 0 Å². The van der Waals surface area contributed by atoms with Crippen molar-refractivity contribution >= 4 is 0 Å². The fourth-order valence-electron chi connectivity index (χ4n) is 2.78. The minimum absolute atomic E-state index is 0.166. The summed E-state index contributed by atoms with van der Waals surface area (Å²) in [5.74, 6) is 0. The summed E-state index contributed by atoms with van der Waals surface area (Å²) < 4.78 is 0. The largest absolute Gasteiger partial charge is 0.392 e. The van der Waals surface area contributed by atoms with Crippen LogP contribution in [0.1, 0.15) is 39.5 Å². The predicted octanol–water partition coefficient (Wildman–Crippen LogP) is 1.70. The van der Waals surface area contributed by atoms with E-state index in [1.165, 1.54) is 0 Å². The third-order valence-electron chi connectivity index (χ3n) is 3.88. The summed E-state index contributed by atoms with van der Waals surface area (Å²) in [4.78, 5) is 4.60. The first-order valence-electron chi connectivity index (χ1n) is 7.32. The van der Waals surface area contributed by atoms with Gasteiger partial charge in [-0.2, -0.15) is 5.26 Å². The molecule has 4 nitrogen and oxygen atoms in total. The van der Waals surface area contributed by atoms with E-state index in [0.717, 1.165) is 45.3 Å². The summed E-state index contributed by atoms with van der Waals surface area (Å²) >= 11 is 0. The minimum Gasteiger partial charge on any atom is -0.392 e. The van der Waals surface area contributed by atoms with Crippen molar-refractivity contribution in [1.29, 1.82) is 5.26 Å². The lowest BCUT2D eigenvalue weighted by molar-refractivity contribution is 0.171. The van der Waals surface area contributed by atoms with Crippen LogP contribution in [-0.2, 0) is 0 Å². The Morgan fingerprint density at radius 1 is 1.37 bits per heavy atom. The third kappa shape index (κ3) is 5.90. The molecule has 1 saturated heterocycles. The number of aliphatic hydroxyl groups excluding tert-OH is 1. The van der Waals surface area contributed by atoms with E-state index in [2.05, 4.69) is 30.0 Å². The molecule has 1 aliphatic heterocycles. The normalized spacial score (nSPS) is 24.9. The predicted molar refractivity (Wildman–Crippen MR) is 77.8 cm³/mol. The highest BCUT2D eigenvalue weighted by Crippen LogP contribution is 2.23. The molecule has 0 amide bonds. The van der Waals surface area contributed by atoms with Crippen molar-refractivity contribution in [2.75, 3.05) is 33.7 Å². The Kier molecular flexibility index (Phi) is 6.25. The molecular formula is C15H29N3O. The third-order valence-corrected chi connectivity index (χ3v) is 3.88. The molecule has 19 heavy (non-hydrogen) atoms. The quantitative estimate of drug-likeness (QED) is 0.713. The first kappa shape index (κ1) is 16.4. The minimum atomic E-state index is -0.201. The van der Waals surface area contributed by atoms with Crippen molar-refractivity contribution in [3.05, 3.63) is 0 Å². The van der Waals surface area contributed by atoms with Gasteiger partial charge in [0.2, 0.25) is 0 Å². The monoisotopic (exact) mass is 267 g/mol. The molecule has 1 rings (SSSR count). The van der Waals surface area contributed by atoms with E-state index in [1.54, 1.807) is 0 Å². The van der Waals surface area contributed by atoms with E-state index in [4.69, 9.17) is 5.26 Å². The van der Waals surface area contributed by atoms with Crippen LogP contribution < -0.4 is 0 Å². The molecule has 2 unspecified atom stereocenters. The van der Waals surface area contributed by atoms with Crippen molar-refractivity contribution in [1.82, 2.24) is 9.80 Å². The number of aliphatic hydroxyl groups is 1. The van der Waals surface area contributed by atoms with E-state index in [9.17, 15) is 5.11 Å². The molecule has 0 aliphatic carbocycles. The van der Waals surface area contributed by atoms with E-state index in [0.29, 0.717) is 6.04 Å². The zero-order chi connectivity index (χ0) is 14.5. The highest BCUT2D eigenvalue weighted by atomic mass is 16.3. The van der Waals surface area contributed by atoms with Gasteiger partial charge in [0, 0.05) is 19.1 Å². The summed E-state index contributed by atoms with van der Waals surface area (Å²) in [7, 11) is 4.16. The topological polar surface area (TPSA) is 50.5 Å². The smallest absolute Gasteiger partial charge is 0.0683 e. The average Bonchev–Trinajstić information content (AvgIpc) is 2.64. The molecule has 0 radical (unpaired) electrons. The van der Waals surface area contributed by atoms with Gasteiger partial charge in [-0.3, -0.25) is 4.90 Å². The first-order valence-corrected chi connectivity index (χ1v) is 7.32. The highest BCUT2D eigenvalue weighted by molar-refractivity contribution is 4.91. The number of β-amino-alcohol motifs (C(OH)–C–C–N with tert-alkyl or cyclic N) is 1. The maximum Gasteiger partial charge on any atom is 0.0683 e. The maximum atomic E-state index is 9.80. The number of likely N-dealkylation sites (N-methyl/N-ethyl adjacent to an activating group) is 1. The van der Waals surface area contributed by atoms with Crippen LogP contribution in [0.15, 0.2) is 0 Å². The standard InChI is InChI=1S/C15H29N3O/c1-15(2,12-16)7-5-6-8-18-11-14(19)9-13(18)10-17(3)4/h13-14,19H,5-11H2,1-4H3. The van der Waals surface area contributed by atoms with Crippen LogP contribution in [0.2, 0.25) is 0 Å². The fraction of sp³-hybridized carbons (Fsp3) is 0.933. The highest BCUT2D eigenvalue weighted by Gasteiger charge is 2.30. The van der Waals surface area contributed by atoms with Gasteiger partial charge in [0.25, 0.3) is 0 Å². The Balaban J connectivity index is 2.29. The lowest BCUT2D eigenvalue weighted by Gasteiger charge is -2.26. The SMILES string of the molecule is CN(C)CC1CC(O)CN1CCCCC(C)(C)C#N. The average molecular weight is 267 g/mol. The van der Waals surface area contributed by atoms with Gasteiger partial charge in [0.1, 0.15) is 0 Å². The molecule has 0 saturated carbocycles. The van der Waals surface area contributed by atoms with Gasteiger partial charge in [-0.1, -0.05) is 6.42 Å². The van der Waals surface area contributed by atoms with Crippen LogP contribution in [0.5, 0.6) is 0 Å². The van der Waals surface area contributed by atoms with Gasteiger partial charge in [0.15, 0.2) is 0 Å². The van der Waals surface area contributed by atoms with E-state index >= 15 is 0 Å². The number of likely N-dealkylation sites (tertiary alicyclic amines) is 1. The number of hydrogen-bond acceptors (Lipinski definition) is 4. The summed E-state index contributed by atoms with van der Waals surface area (Å²) in [6.07, 6.45) is 3.88. The zero-order valence-corrected chi connectivity index (χ0v) is 12.9. The second-order valence-corrected chi connectivity index (χ2v) is 6.75. The van der Waals surface area contributed by atoms with Crippen LogP contribution in [0.3, 0.4) is 0 Å². The Bertz CT molecular complexity index is 309. The van der Waals surface area contributed by atoms with E-state index < -0.39 is 0 Å². The lowest BCUT2D eigenvalue weighted by atomic mass is 9.89. The van der Waals surface area contributed by atoms with Gasteiger partial charge in [-0.15, -0.1) is 0 Å². The van der Waals surface area contributed by atoms with Gasteiger partial charge >= 0.3 is 0 Å². The van der Waals surface area contributed by atoms with Crippen LogP contribution in [0.4, 0.5) is 0 Å². The van der Waals surface area contributed by atoms with E-state index in [-0.39, 0.29) is 11.5 Å². The Labute approximate surface area is 118 Å². The zero-order valence-electron chi connectivity index (χ0n) is 12.9. The van der Waals surface area contributed by atoms with Crippen molar-refractivity contribution < 1.29 is 5.11 Å². The molecule has 4 heteroatoms. The molecule has 0 aromatic rings. The van der Waals surface area contributed by atoms with Crippen LogP contribution in [0.25, 0.3) is 0 Å². The molecule has 0 bridgehead atoms. The Hall–Kier alpha value is -0.630. The summed E-state index contributed by atoms with van der Waals surface area (Å²) in [5.41, 5.74) is -0.201. The van der Waals surface area contributed by atoms with Crippen molar-refractivity contribution in [2.45, 2.75) is 51.7 Å². The van der Waals surface area contributed by atoms with Crippen LogP contribution in [-0.4, -0.2) is 60.8 Å². The molecule has 0 spiro atoms. The molecule has 1 heterocycles. The summed E-state index contributed by atoms with van der Waals surface area (Å²) in [5, 5.41) is 18.8. The van der Waals surface area contributed by atoms with Gasteiger partial charge < -0.3 is 10.0 Å². The second-order valence-electron chi connectivity index (χ2n) is 6.75. The molecule has 0 aromatic carbocycles. The first-order chi connectivity index (χ1) is 8.84. The molecular weight excluding hydrogens is 238 g/mol. The van der Waals surface area contributed by atoms with Gasteiger partial charge in [-0.25, -0.2) is 0 Å². The number of unbranched alkanes of at least 4 members (excludes halogenated alkanes) is 1. The fourth-order valence-corrected chi connectivity index (χ4v) is 2.78. The van der Waals surface area contributed by atoms with Gasteiger partial charge in [-0.05, 0) is 53.8 Å². The second kappa shape index (κ2) is 7.23. The lowest BCUT2D eigenvalue weighted by Crippen LogP contribution is -2.38. The molecule has 2 atom stereocenters. The number of nitrogens with zero attached hydrogens (tertiary/aromatic N) is 3. The number of rotatable bonds is 7. The number of hydrogen-bond donors (Lipinski definition) is 1. The van der Waals surface area contributed by atoms with Crippen LogP contribution in [0, 0.1) is 16.7 Å². The van der Waals surface area contributed by atoms with Crippen molar-refractivity contribution in [3.8, 4) is 6.07 Å². The van der Waals surface area contributed by atoms with E-state index in [1.807, 2.05) is 13.8 Å². The summed E-state index contributed by atoms with van der Waals surface area (Å²) in [6, 6.07) is 2.83. The Morgan fingerprint density at radius 2 is 2.05 bits per heavy atom. The van der Waals surface area contributed by atoms with Crippen molar-refractivity contribution in [2.24, 2.45) is 5.41 Å². The summed E-state index contributed by atoms with van der Waals surface area (Å²) in [6.45, 7) is 6.86. The molecule has 110 valence electrons. The molecule has 1 N–H and O–H groups in total. The van der Waals surface area contributed by atoms with Crippen LogP contribution >= 0.6 is 0 Å².